The van der Waals surface area contributed by atoms with Gasteiger partial charge in [0, 0.05) is 23.6 Å². The smallest absolute Gasteiger partial charge is 0.344 e. The topological polar surface area (TPSA) is 115 Å². The zero-order valence-electron chi connectivity index (χ0n) is 18.7. The Morgan fingerprint density at radius 1 is 1.06 bits per heavy atom. The zero-order valence-corrected chi connectivity index (χ0v) is 21.6. The van der Waals surface area contributed by atoms with Crippen LogP contribution in [0.2, 0.25) is 5.02 Å². The number of carbonyl (C=O) groups is 3. The predicted molar refractivity (Wildman–Crippen MR) is 138 cm³/mol. The Morgan fingerprint density at radius 2 is 1.82 bits per heavy atom. The third-order valence-electron chi connectivity index (χ3n) is 4.06. The molecule has 11 heteroatoms. The van der Waals surface area contributed by atoms with Crippen LogP contribution in [0, 0.1) is 3.57 Å². The zero-order chi connectivity index (χ0) is 24.9. The molecule has 0 aliphatic heterocycles. The molecule has 0 aliphatic rings. The lowest BCUT2D eigenvalue weighted by molar-refractivity contribution is -0.145. The van der Waals surface area contributed by atoms with Gasteiger partial charge >= 0.3 is 5.97 Å². The molecule has 0 bridgehead atoms. The van der Waals surface area contributed by atoms with Gasteiger partial charge in [-0.2, -0.15) is 5.10 Å². The highest BCUT2D eigenvalue weighted by Gasteiger charge is 2.14. The van der Waals surface area contributed by atoms with Crippen molar-refractivity contribution in [1.29, 1.82) is 0 Å². The minimum atomic E-state index is -0.477. The second kappa shape index (κ2) is 14.4. The summed E-state index contributed by atoms with van der Waals surface area (Å²) in [5.41, 5.74) is 3.60. The number of carbonyl (C=O) groups excluding carboxylic acids is 3. The quantitative estimate of drug-likeness (QED) is 0.163. The highest BCUT2D eigenvalue weighted by molar-refractivity contribution is 14.1. The summed E-state index contributed by atoms with van der Waals surface area (Å²) in [5, 5.41) is 7.12. The summed E-state index contributed by atoms with van der Waals surface area (Å²) in [7, 11) is 0. The van der Waals surface area contributed by atoms with Crippen LogP contribution in [0.3, 0.4) is 0 Å². The lowest BCUT2D eigenvalue weighted by atomic mass is 10.2. The van der Waals surface area contributed by atoms with Gasteiger partial charge in [-0.3, -0.25) is 9.59 Å². The van der Waals surface area contributed by atoms with E-state index in [-0.39, 0.29) is 32.0 Å². The second-order valence-electron chi connectivity index (χ2n) is 6.71. The Bertz CT molecular complexity index is 1050. The number of amides is 2. The molecule has 0 heterocycles. The minimum Gasteiger partial charge on any atom is -0.490 e. The maximum atomic E-state index is 12.0. The Hall–Kier alpha value is -2.86. The Balaban J connectivity index is 1.90. The van der Waals surface area contributed by atoms with Gasteiger partial charge in [-0.15, -0.1) is 0 Å². The summed E-state index contributed by atoms with van der Waals surface area (Å²) in [4.78, 5) is 35.6. The van der Waals surface area contributed by atoms with Crippen LogP contribution in [0.25, 0.3) is 0 Å². The fourth-order valence-corrected chi connectivity index (χ4v) is 3.62. The number of hydrogen-bond acceptors (Lipinski definition) is 7. The molecule has 0 fully saturated rings. The molecule has 0 saturated carbocycles. The Labute approximate surface area is 216 Å². The fraction of sp³-hybridized carbons (Fsp3) is 0.304. The molecule has 182 valence electrons. The molecule has 0 aromatic heterocycles. The Morgan fingerprint density at radius 3 is 2.53 bits per heavy atom. The van der Waals surface area contributed by atoms with Gasteiger partial charge in [0.05, 0.1) is 23.0 Å². The molecular weight excluding hydrogens is 577 g/mol. The normalized spacial score (nSPS) is 10.6. The maximum absolute atomic E-state index is 12.0. The van der Waals surface area contributed by atoms with Crippen LogP contribution in [0.5, 0.6) is 11.5 Å². The number of benzene rings is 2. The van der Waals surface area contributed by atoms with E-state index < -0.39 is 11.9 Å². The SMILES string of the molecule is CCOC(=O)COc1c(I)cc(C=NNC(=O)CCC(=O)Nc2cccc(Cl)c2)cc1OCC. The number of hydrazone groups is 1. The molecule has 2 amide bonds. The molecule has 0 aliphatic carbocycles. The van der Waals surface area contributed by atoms with Crippen molar-refractivity contribution in [3.8, 4) is 11.5 Å². The van der Waals surface area contributed by atoms with Crippen LogP contribution in [0.15, 0.2) is 41.5 Å². The van der Waals surface area contributed by atoms with Gasteiger partial charge in [0.25, 0.3) is 0 Å². The van der Waals surface area contributed by atoms with E-state index in [0.717, 1.165) is 0 Å². The van der Waals surface area contributed by atoms with Crippen molar-refractivity contribution >= 4 is 63.9 Å². The van der Waals surface area contributed by atoms with E-state index in [0.29, 0.717) is 37.9 Å². The van der Waals surface area contributed by atoms with Crippen molar-refractivity contribution < 1.29 is 28.6 Å². The van der Waals surface area contributed by atoms with Crippen LogP contribution in [0.1, 0.15) is 32.3 Å². The number of nitrogens with zero attached hydrogens (tertiary/aromatic N) is 1. The van der Waals surface area contributed by atoms with Crippen LogP contribution in [-0.4, -0.2) is 43.8 Å². The molecule has 0 radical (unpaired) electrons. The van der Waals surface area contributed by atoms with Gasteiger partial charge in [-0.25, -0.2) is 10.2 Å². The van der Waals surface area contributed by atoms with Gasteiger partial charge < -0.3 is 19.5 Å². The average Bonchev–Trinajstić information content (AvgIpc) is 2.77. The molecule has 34 heavy (non-hydrogen) atoms. The number of anilines is 1. The lowest BCUT2D eigenvalue weighted by Gasteiger charge is -2.14. The molecule has 2 aromatic rings. The highest BCUT2D eigenvalue weighted by Crippen LogP contribution is 2.34. The minimum absolute atomic E-state index is 0.00719. The van der Waals surface area contributed by atoms with E-state index in [1.165, 1.54) is 6.21 Å². The fourth-order valence-electron chi connectivity index (χ4n) is 2.65. The van der Waals surface area contributed by atoms with E-state index in [9.17, 15) is 14.4 Å². The van der Waals surface area contributed by atoms with E-state index in [4.69, 9.17) is 25.8 Å². The molecule has 0 saturated heterocycles. The molecule has 2 rings (SSSR count). The van der Waals surface area contributed by atoms with Crippen molar-refractivity contribution in [2.45, 2.75) is 26.7 Å². The largest absolute Gasteiger partial charge is 0.490 e. The number of esters is 1. The molecular formula is C23H25ClIN3O6. The molecule has 0 atom stereocenters. The number of rotatable bonds is 12. The van der Waals surface area contributed by atoms with Crippen molar-refractivity contribution in [3.05, 3.63) is 50.6 Å². The van der Waals surface area contributed by atoms with Crippen molar-refractivity contribution in [2.75, 3.05) is 25.1 Å². The first-order valence-electron chi connectivity index (χ1n) is 10.4. The first-order chi connectivity index (χ1) is 16.3. The highest BCUT2D eigenvalue weighted by atomic mass is 127. The molecule has 2 aromatic carbocycles. The molecule has 9 nitrogen and oxygen atoms in total. The van der Waals surface area contributed by atoms with Crippen LogP contribution < -0.4 is 20.2 Å². The van der Waals surface area contributed by atoms with Crippen LogP contribution in [0.4, 0.5) is 5.69 Å². The molecule has 0 spiro atoms. The second-order valence-corrected chi connectivity index (χ2v) is 8.31. The summed E-state index contributed by atoms with van der Waals surface area (Å²) < 4.78 is 16.8. The predicted octanol–water partition coefficient (Wildman–Crippen LogP) is 4.15. The van der Waals surface area contributed by atoms with E-state index >= 15 is 0 Å². The monoisotopic (exact) mass is 601 g/mol. The number of halogens is 2. The first-order valence-corrected chi connectivity index (χ1v) is 11.9. The number of ether oxygens (including phenoxy) is 3. The maximum Gasteiger partial charge on any atom is 0.344 e. The summed E-state index contributed by atoms with van der Waals surface area (Å²) in [6.45, 7) is 3.96. The van der Waals surface area contributed by atoms with Gasteiger partial charge in [0.1, 0.15) is 0 Å². The van der Waals surface area contributed by atoms with Gasteiger partial charge in [-0.1, -0.05) is 17.7 Å². The first kappa shape index (κ1) is 27.4. The number of hydrogen-bond donors (Lipinski definition) is 2. The van der Waals surface area contributed by atoms with Gasteiger partial charge in [0.2, 0.25) is 11.8 Å². The van der Waals surface area contributed by atoms with E-state index in [1.807, 2.05) is 6.92 Å². The van der Waals surface area contributed by atoms with Crippen LogP contribution >= 0.6 is 34.2 Å². The summed E-state index contributed by atoms with van der Waals surface area (Å²) in [6, 6.07) is 10.2. The summed E-state index contributed by atoms with van der Waals surface area (Å²) in [6.07, 6.45) is 1.41. The van der Waals surface area contributed by atoms with E-state index in [1.54, 1.807) is 43.3 Å². The van der Waals surface area contributed by atoms with Gasteiger partial charge in [0.15, 0.2) is 18.1 Å². The third kappa shape index (κ3) is 9.56. The van der Waals surface area contributed by atoms with Crippen molar-refractivity contribution in [3.63, 3.8) is 0 Å². The lowest BCUT2D eigenvalue weighted by Crippen LogP contribution is -2.20. The number of nitrogens with one attached hydrogen (secondary N) is 2. The standard InChI is InChI=1S/C23H25ClIN3O6/c1-3-32-19-11-15(10-18(25)23(19)34-14-22(31)33-4-2)13-26-28-21(30)9-8-20(29)27-17-7-5-6-16(24)12-17/h5-7,10-13H,3-4,8-9,14H2,1-2H3,(H,27,29)(H,28,30). The molecule has 0 unspecified atom stereocenters. The van der Waals surface area contributed by atoms with E-state index in [2.05, 4.69) is 38.4 Å². The van der Waals surface area contributed by atoms with Crippen molar-refractivity contribution in [1.82, 2.24) is 5.43 Å². The summed E-state index contributed by atoms with van der Waals surface area (Å²) in [5.74, 6) is -0.343. The Kier molecular flexibility index (Phi) is 11.6. The molecule has 2 N–H and O–H groups in total. The van der Waals surface area contributed by atoms with Crippen LogP contribution in [-0.2, 0) is 19.1 Å². The summed E-state index contributed by atoms with van der Waals surface area (Å²) >= 11 is 7.94. The van der Waals surface area contributed by atoms with Gasteiger partial charge in [-0.05, 0) is 72.3 Å². The third-order valence-corrected chi connectivity index (χ3v) is 5.10. The average molecular weight is 602 g/mol. The van der Waals surface area contributed by atoms with Crippen molar-refractivity contribution in [2.24, 2.45) is 5.10 Å².